The molecule has 0 atom stereocenters. The first-order valence-electron chi connectivity index (χ1n) is 11.2. The molecule has 1 fully saturated rings. The van der Waals surface area contributed by atoms with Gasteiger partial charge in [0.1, 0.15) is 12.1 Å². The predicted molar refractivity (Wildman–Crippen MR) is 129 cm³/mol. The molecule has 2 aromatic heterocycles. The molecule has 0 bridgehead atoms. The van der Waals surface area contributed by atoms with Crippen molar-refractivity contribution in [2.24, 2.45) is 0 Å². The first kappa shape index (κ1) is 24.4. The average molecular weight is 498 g/mol. The molecule has 0 unspecified atom stereocenters. The van der Waals surface area contributed by atoms with Gasteiger partial charge >= 0.3 is 6.03 Å². The molecule has 0 aliphatic carbocycles. The highest BCUT2D eigenvalue weighted by Gasteiger charge is 2.30. The van der Waals surface area contributed by atoms with Crippen LogP contribution in [0.2, 0.25) is 0 Å². The highest BCUT2D eigenvalue weighted by Crippen LogP contribution is 2.22. The van der Waals surface area contributed by atoms with E-state index >= 15 is 0 Å². The molecule has 1 aromatic carbocycles. The highest BCUT2D eigenvalue weighted by atomic mass is 32.2. The van der Waals surface area contributed by atoms with Crippen LogP contribution in [-0.4, -0.2) is 58.3 Å². The molecule has 3 amide bonds. The molecule has 1 saturated heterocycles. The lowest BCUT2D eigenvalue weighted by atomic mass is 10.1. The fourth-order valence-corrected chi connectivity index (χ4v) is 5.37. The third kappa shape index (κ3) is 6.03. The van der Waals surface area contributed by atoms with Crippen molar-refractivity contribution in [2.75, 3.05) is 18.4 Å². The maximum Gasteiger partial charge on any atom is 0.315 e. The van der Waals surface area contributed by atoms with Crippen molar-refractivity contribution in [1.82, 2.24) is 29.5 Å². The van der Waals surface area contributed by atoms with Crippen LogP contribution in [0, 0.1) is 0 Å². The van der Waals surface area contributed by atoms with Gasteiger partial charge in [-0.05, 0) is 43.2 Å². The van der Waals surface area contributed by atoms with Crippen LogP contribution in [-0.2, 0) is 21.4 Å². The third-order valence-corrected chi connectivity index (χ3v) is 7.57. The Bertz CT molecular complexity index is 1270. The van der Waals surface area contributed by atoms with Gasteiger partial charge in [-0.3, -0.25) is 9.36 Å². The minimum Gasteiger partial charge on any atom is -0.335 e. The maximum atomic E-state index is 13.0. The molecule has 35 heavy (non-hydrogen) atoms. The summed E-state index contributed by atoms with van der Waals surface area (Å²) in [5.74, 6) is 0.465. The minimum absolute atomic E-state index is 0.134. The van der Waals surface area contributed by atoms with Gasteiger partial charge in [0.25, 0.3) is 0 Å². The quantitative estimate of drug-likeness (QED) is 0.456. The van der Waals surface area contributed by atoms with E-state index in [9.17, 15) is 18.0 Å². The molecule has 184 valence electrons. The van der Waals surface area contributed by atoms with Crippen LogP contribution in [0.5, 0.6) is 0 Å². The number of hydrogen-bond acceptors (Lipinski definition) is 6. The molecule has 4 rings (SSSR count). The first-order chi connectivity index (χ1) is 16.8. The monoisotopic (exact) mass is 497 g/mol. The molecule has 3 heterocycles. The Balaban J connectivity index is 1.28. The summed E-state index contributed by atoms with van der Waals surface area (Å²) in [4.78, 5) is 32.2. The summed E-state index contributed by atoms with van der Waals surface area (Å²) in [6.07, 6.45) is 7.77. The number of carbonyl (C=O) groups is 2. The van der Waals surface area contributed by atoms with Crippen molar-refractivity contribution in [1.29, 1.82) is 0 Å². The number of benzene rings is 1. The minimum atomic E-state index is -3.65. The lowest BCUT2D eigenvalue weighted by Crippen LogP contribution is -2.49. The number of nitrogens with one attached hydrogen (secondary N) is 3. The number of hydrogen-bond donors (Lipinski definition) is 3. The van der Waals surface area contributed by atoms with Crippen molar-refractivity contribution in [3.8, 4) is 5.82 Å². The van der Waals surface area contributed by atoms with Crippen LogP contribution in [0.15, 0.2) is 66.2 Å². The number of sulfonamides is 1. The number of imidazole rings is 1. The standard InChI is InChI=1S/C23H27N7O4S/c1-17(31)27-19-4-6-21(7-5-19)35(33,34)30-12-8-20(9-13-30)28-23(32)26-15-18-3-2-10-25-22(18)29-14-11-24-16-29/h2-7,10-11,14,16,20H,8-9,12-13,15H2,1H3,(H,27,31)(H2,26,28,32). The summed E-state index contributed by atoms with van der Waals surface area (Å²) in [7, 11) is -3.65. The lowest BCUT2D eigenvalue weighted by Gasteiger charge is -2.31. The Morgan fingerprint density at radius 1 is 1.09 bits per heavy atom. The summed E-state index contributed by atoms with van der Waals surface area (Å²) in [6, 6.07) is 9.32. The van der Waals surface area contributed by atoms with Crippen molar-refractivity contribution < 1.29 is 18.0 Å². The zero-order valence-corrected chi connectivity index (χ0v) is 20.0. The van der Waals surface area contributed by atoms with Gasteiger partial charge in [-0.1, -0.05) is 6.07 Å². The van der Waals surface area contributed by atoms with E-state index in [0.717, 1.165) is 5.56 Å². The lowest BCUT2D eigenvalue weighted by molar-refractivity contribution is -0.114. The average Bonchev–Trinajstić information content (AvgIpc) is 3.38. The topological polar surface area (TPSA) is 138 Å². The number of pyridine rings is 1. The fourth-order valence-electron chi connectivity index (χ4n) is 3.90. The number of amides is 3. The molecule has 0 radical (unpaired) electrons. The van der Waals surface area contributed by atoms with Gasteiger partial charge in [0.05, 0.1) is 4.90 Å². The Morgan fingerprint density at radius 2 is 1.83 bits per heavy atom. The summed E-state index contributed by atoms with van der Waals surface area (Å²) in [6.45, 7) is 2.28. The number of piperidine rings is 1. The van der Waals surface area contributed by atoms with Crippen molar-refractivity contribution in [3.05, 3.63) is 66.9 Å². The number of anilines is 1. The van der Waals surface area contributed by atoms with E-state index in [1.165, 1.54) is 23.4 Å². The molecule has 3 aromatic rings. The molecule has 0 saturated carbocycles. The van der Waals surface area contributed by atoms with Crippen molar-refractivity contribution >= 4 is 27.6 Å². The van der Waals surface area contributed by atoms with Crippen LogP contribution >= 0.6 is 0 Å². The zero-order chi connectivity index (χ0) is 24.8. The van der Waals surface area contributed by atoms with Crippen LogP contribution < -0.4 is 16.0 Å². The van der Waals surface area contributed by atoms with Gasteiger partial charge in [-0.15, -0.1) is 0 Å². The highest BCUT2D eigenvalue weighted by molar-refractivity contribution is 7.89. The van der Waals surface area contributed by atoms with Gasteiger partial charge in [0.2, 0.25) is 15.9 Å². The second kappa shape index (κ2) is 10.7. The SMILES string of the molecule is CC(=O)Nc1ccc(S(=O)(=O)N2CCC(NC(=O)NCc3cccnc3-n3ccnc3)CC2)cc1. The summed E-state index contributed by atoms with van der Waals surface area (Å²) in [5.41, 5.74) is 1.37. The second-order valence-electron chi connectivity index (χ2n) is 8.17. The van der Waals surface area contributed by atoms with E-state index in [1.54, 1.807) is 47.7 Å². The van der Waals surface area contributed by atoms with Crippen LogP contribution in [0.25, 0.3) is 5.82 Å². The molecular weight excluding hydrogens is 470 g/mol. The van der Waals surface area contributed by atoms with E-state index < -0.39 is 10.0 Å². The maximum absolute atomic E-state index is 13.0. The van der Waals surface area contributed by atoms with Gasteiger partial charge < -0.3 is 16.0 Å². The van der Waals surface area contributed by atoms with E-state index in [2.05, 4.69) is 25.9 Å². The molecule has 12 heteroatoms. The zero-order valence-electron chi connectivity index (χ0n) is 19.2. The fraction of sp³-hybridized carbons (Fsp3) is 0.304. The third-order valence-electron chi connectivity index (χ3n) is 5.66. The largest absolute Gasteiger partial charge is 0.335 e. The van der Waals surface area contributed by atoms with Crippen LogP contribution in [0.3, 0.4) is 0 Å². The summed E-state index contributed by atoms with van der Waals surface area (Å²) >= 11 is 0. The van der Waals surface area contributed by atoms with E-state index in [-0.39, 0.29) is 29.4 Å². The molecular formula is C23H27N7O4S. The van der Waals surface area contributed by atoms with Gasteiger partial charge in [-0.25, -0.2) is 23.2 Å². The summed E-state index contributed by atoms with van der Waals surface area (Å²) in [5, 5.41) is 8.40. The van der Waals surface area contributed by atoms with Crippen LogP contribution in [0.4, 0.5) is 10.5 Å². The molecule has 1 aliphatic rings. The second-order valence-corrected chi connectivity index (χ2v) is 10.1. The number of aromatic nitrogens is 3. The normalized spacial score (nSPS) is 14.9. The Morgan fingerprint density at radius 3 is 2.49 bits per heavy atom. The van der Waals surface area contributed by atoms with Gasteiger partial charge in [0, 0.05) is 62.4 Å². The van der Waals surface area contributed by atoms with E-state index in [4.69, 9.17) is 0 Å². The summed E-state index contributed by atoms with van der Waals surface area (Å²) < 4.78 is 29.1. The Labute approximate surface area is 203 Å². The van der Waals surface area contributed by atoms with E-state index in [1.807, 2.05) is 6.07 Å². The molecule has 0 spiro atoms. The van der Waals surface area contributed by atoms with Crippen LogP contribution in [0.1, 0.15) is 25.3 Å². The van der Waals surface area contributed by atoms with E-state index in [0.29, 0.717) is 37.4 Å². The number of nitrogens with zero attached hydrogens (tertiary/aromatic N) is 4. The Hall–Kier alpha value is -3.77. The molecule has 3 N–H and O–H groups in total. The predicted octanol–water partition coefficient (Wildman–Crippen LogP) is 1.88. The first-order valence-corrected chi connectivity index (χ1v) is 12.6. The van der Waals surface area contributed by atoms with Crippen molar-refractivity contribution in [3.63, 3.8) is 0 Å². The number of rotatable bonds is 7. The molecule has 11 nitrogen and oxygen atoms in total. The van der Waals surface area contributed by atoms with Gasteiger partial charge in [-0.2, -0.15) is 4.31 Å². The molecule has 1 aliphatic heterocycles. The number of urea groups is 1. The van der Waals surface area contributed by atoms with Crippen molar-refractivity contribution in [2.45, 2.75) is 37.2 Å². The number of carbonyl (C=O) groups excluding carboxylic acids is 2. The smallest absolute Gasteiger partial charge is 0.315 e. The van der Waals surface area contributed by atoms with Gasteiger partial charge in [0.15, 0.2) is 0 Å². The Kier molecular flexibility index (Phi) is 7.42.